The molecule has 0 radical (unpaired) electrons. The fraction of sp³-hybridized carbons (Fsp3) is 0.360. The van der Waals surface area contributed by atoms with E-state index in [1.165, 1.54) is 0 Å². The molecule has 158 valence electrons. The third-order valence-electron chi connectivity index (χ3n) is 4.95. The number of hydrogen-bond acceptors (Lipinski definition) is 3. The van der Waals surface area contributed by atoms with E-state index in [1.807, 2.05) is 70.2 Å². The van der Waals surface area contributed by atoms with Crippen molar-refractivity contribution in [1.82, 2.24) is 4.98 Å². The topological polar surface area (TPSA) is 59.4 Å². The number of fused-ring (bicyclic) bond motifs is 1. The van der Waals surface area contributed by atoms with Crippen LogP contribution >= 0.6 is 11.6 Å². The van der Waals surface area contributed by atoms with Gasteiger partial charge in [0.15, 0.2) is 6.10 Å². The molecule has 0 aliphatic carbocycles. The summed E-state index contributed by atoms with van der Waals surface area (Å²) in [7, 11) is 0. The van der Waals surface area contributed by atoms with Gasteiger partial charge in [0.2, 0.25) is 0 Å². The Morgan fingerprint density at radius 3 is 2.27 bits per heavy atom. The largest absolute Gasteiger partial charge is 0.479 e. The Hall–Kier alpha value is -2.43. The van der Waals surface area contributed by atoms with Crippen LogP contribution in [0.15, 0.2) is 42.5 Å². The molecule has 0 aliphatic heterocycles. The van der Waals surface area contributed by atoms with E-state index in [0.717, 1.165) is 33.3 Å². The maximum atomic E-state index is 12.3. The number of carboxylic acids is 1. The van der Waals surface area contributed by atoms with Crippen molar-refractivity contribution in [2.45, 2.75) is 59.2 Å². The Labute approximate surface area is 182 Å². The van der Waals surface area contributed by atoms with Crippen molar-refractivity contribution in [3.63, 3.8) is 0 Å². The zero-order valence-corrected chi connectivity index (χ0v) is 19.0. The van der Waals surface area contributed by atoms with Gasteiger partial charge in [0.05, 0.1) is 11.1 Å². The van der Waals surface area contributed by atoms with Crippen LogP contribution in [0.4, 0.5) is 0 Å². The normalized spacial score (nSPS) is 13.1. The van der Waals surface area contributed by atoms with E-state index in [4.69, 9.17) is 21.3 Å². The molecule has 1 N–H and O–H groups in total. The highest BCUT2D eigenvalue weighted by Gasteiger charge is 2.31. The Kier molecular flexibility index (Phi) is 6.21. The van der Waals surface area contributed by atoms with Crippen LogP contribution < -0.4 is 0 Å². The Bertz CT molecular complexity index is 1080. The first-order valence-corrected chi connectivity index (χ1v) is 10.5. The monoisotopic (exact) mass is 425 g/mol. The van der Waals surface area contributed by atoms with Crippen LogP contribution in [0.1, 0.15) is 63.5 Å². The number of nitrogens with zero attached hydrogens (tertiary/aromatic N) is 1. The molecule has 3 aromatic rings. The molecule has 0 saturated heterocycles. The zero-order valence-electron chi connectivity index (χ0n) is 18.3. The predicted molar refractivity (Wildman–Crippen MR) is 122 cm³/mol. The van der Waals surface area contributed by atoms with Gasteiger partial charge in [-0.2, -0.15) is 0 Å². The number of ether oxygens (including phenoxy) is 1. The van der Waals surface area contributed by atoms with Crippen LogP contribution in [0.3, 0.4) is 0 Å². The van der Waals surface area contributed by atoms with Gasteiger partial charge in [-0.05, 0) is 74.6 Å². The van der Waals surface area contributed by atoms with E-state index in [9.17, 15) is 9.90 Å². The molecular formula is C25H28ClNO3. The Morgan fingerprint density at radius 1 is 1.10 bits per heavy atom. The van der Waals surface area contributed by atoms with Gasteiger partial charge >= 0.3 is 5.97 Å². The second kappa shape index (κ2) is 8.37. The van der Waals surface area contributed by atoms with Crippen LogP contribution in [-0.2, 0) is 9.53 Å². The molecule has 1 atom stereocenters. The lowest BCUT2D eigenvalue weighted by molar-refractivity contribution is -0.160. The second-order valence-corrected chi connectivity index (χ2v) is 9.33. The van der Waals surface area contributed by atoms with Crippen molar-refractivity contribution in [1.29, 1.82) is 0 Å². The first kappa shape index (κ1) is 22.3. The minimum Gasteiger partial charge on any atom is -0.479 e. The smallest absolute Gasteiger partial charge is 0.337 e. The summed E-state index contributed by atoms with van der Waals surface area (Å²) >= 11 is 6.11. The summed E-state index contributed by atoms with van der Waals surface area (Å²) in [6, 6.07) is 13.4. The van der Waals surface area contributed by atoms with Gasteiger partial charge in [0.25, 0.3) is 0 Å². The van der Waals surface area contributed by atoms with Crippen LogP contribution in [0.25, 0.3) is 22.0 Å². The lowest BCUT2D eigenvalue weighted by atomic mass is 9.88. The highest BCUT2D eigenvalue weighted by atomic mass is 35.5. The number of halogens is 1. The summed E-state index contributed by atoms with van der Waals surface area (Å²) in [5, 5.41) is 11.6. The molecule has 0 aliphatic rings. The van der Waals surface area contributed by atoms with E-state index < -0.39 is 17.7 Å². The number of pyridine rings is 1. The molecule has 1 heterocycles. The highest BCUT2D eigenvalue weighted by Crippen LogP contribution is 2.40. The quantitative estimate of drug-likeness (QED) is 0.481. The third-order valence-corrected chi connectivity index (χ3v) is 5.20. The van der Waals surface area contributed by atoms with Gasteiger partial charge in [-0.3, -0.25) is 4.98 Å². The lowest BCUT2D eigenvalue weighted by Gasteiger charge is -2.28. The van der Waals surface area contributed by atoms with Gasteiger partial charge in [-0.1, -0.05) is 43.6 Å². The average molecular weight is 426 g/mol. The standard InChI is InChI=1S/C25H28ClNO3/c1-14(2)19-12-11-18-20(27-19)13-15(3)21(23(24(28)29)30-25(4,5)6)22(18)16-7-9-17(26)10-8-16/h7-14,23H,1-6H3,(H,28,29). The molecule has 1 unspecified atom stereocenters. The molecule has 1 aromatic heterocycles. The van der Waals surface area contributed by atoms with E-state index in [-0.39, 0.29) is 0 Å². The first-order chi connectivity index (χ1) is 14.0. The second-order valence-electron chi connectivity index (χ2n) is 8.90. The molecule has 0 bridgehead atoms. The maximum Gasteiger partial charge on any atom is 0.337 e. The minimum absolute atomic E-state index is 0.296. The number of hydrogen-bond donors (Lipinski definition) is 1. The summed E-state index contributed by atoms with van der Waals surface area (Å²) in [5.41, 5.74) is 4.39. The van der Waals surface area contributed by atoms with Crippen LogP contribution in [0.2, 0.25) is 5.02 Å². The fourth-order valence-corrected chi connectivity index (χ4v) is 3.74. The highest BCUT2D eigenvalue weighted by molar-refractivity contribution is 6.30. The van der Waals surface area contributed by atoms with E-state index in [1.54, 1.807) is 0 Å². The van der Waals surface area contributed by atoms with Crippen molar-refractivity contribution < 1.29 is 14.6 Å². The van der Waals surface area contributed by atoms with Gasteiger partial charge in [0, 0.05) is 21.7 Å². The predicted octanol–water partition coefficient (Wildman–Crippen LogP) is 6.93. The first-order valence-electron chi connectivity index (χ1n) is 10.1. The van der Waals surface area contributed by atoms with Crippen LogP contribution in [0.5, 0.6) is 0 Å². The molecular weight excluding hydrogens is 398 g/mol. The number of carboxylic acid groups (broad SMARTS) is 1. The number of rotatable bonds is 5. The molecule has 0 amide bonds. The molecule has 30 heavy (non-hydrogen) atoms. The molecule has 0 fully saturated rings. The maximum absolute atomic E-state index is 12.3. The van der Waals surface area contributed by atoms with Gasteiger partial charge in [-0.25, -0.2) is 4.79 Å². The zero-order chi connectivity index (χ0) is 22.2. The van der Waals surface area contributed by atoms with Crippen molar-refractivity contribution in [2.75, 3.05) is 0 Å². The van der Waals surface area contributed by atoms with Crippen molar-refractivity contribution >= 4 is 28.5 Å². The van der Waals surface area contributed by atoms with Crippen molar-refractivity contribution in [3.05, 3.63) is 64.3 Å². The van der Waals surface area contributed by atoms with E-state index in [0.29, 0.717) is 16.5 Å². The number of benzene rings is 2. The molecule has 0 spiro atoms. The van der Waals surface area contributed by atoms with E-state index >= 15 is 0 Å². The Morgan fingerprint density at radius 2 is 1.73 bits per heavy atom. The van der Waals surface area contributed by atoms with Crippen molar-refractivity contribution in [3.8, 4) is 11.1 Å². The van der Waals surface area contributed by atoms with Gasteiger partial charge < -0.3 is 9.84 Å². The van der Waals surface area contributed by atoms with Crippen LogP contribution in [-0.4, -0.2) is 21.7 Å². The summed E-state index contributed by atoms with van der Waals surface area (Å²) in [6.07, 6.45) is -1.11. The SMILES string of the molecule is Cc1cc2nc(C(C)C)ccc2c(-c2ccc(Cl)cc2)c1C(OC(C)(C)C)C(=O)O. The lowest BCUT2D eigenvalue weighted by Crippen LogP contribution is -2.28. The average Bonchev–Trinajstić information content (AvgIpc) is 2.64. The molecule has 4 nitrogen and oxygen atoms in total. The minimum atomic E-state index is -1.11. The van der Waals surface area contributed by atoms with Gasteiger partial charge in [-0.15, -0.1) is 0 Å². The molecule has 3 rings (SSSR count). The number of aryl methyl sites for hydroxylation is 1. The third kappa shape index (κ3) is 4.66. The summed E-state index contributed by atoms with van der Waals surface area (Å²) in [4.78, 5) is 17.1. The Balaban J connectivity index is 2.39. The number of aromatic nitrogens is 1. The summed E-state index contributed by atoms with van der Waals surface area (Å²) < 4.78 is 6.02. The molecule has 2 aromatic carbocycles. The number of carbonyl (C=O) groups is 1. The number of aliphatic carboxylic acids is 1. The summed E-state index contributed by atoms with van der Waals surface area (Å²) in [5.74, 6) is -0.723. The molecule has 0 saturated carbocycles. The van der Waals surface area contributed by atoms with Crippen molar-refractivity contribution in [2.24, 2.45) is 0 Å². The fourth-order valence-electron chi connectivity index (χ4n) is 3.61. The molecule has 5 heteroatoms. The summed E-state index contributed by atoms with van der Waals surface area (Å²) in [6.45, 7) is 11.7. The van der Waals surface area contributed by atoms with E-state index in [2.05, 4.69) is 13.8 Å². The van der Waals surface area contributed by atoms with Crippen LogP contribution in [0, 0.1) is 6.92 Å². The van der Waals surface area contributed by atoms with Gasteiger partial charge in [0.1, 0.15) is 0 Å².